The number of carbonyl (C=O) groups is 2. The van der Waals surface area contributed by atoms with Crippen LogP contribution in [0, 0.1) is 13.8 Å². The number of phenols is 3. The van der Waals surface area contributed by atoms with Crippen molar-refractivity contribution in [2.24, 2.45) is 0 Å². The Bertz CT molecular complexity index is 1600. The maximum absolute atomic E-state index is 13.6. The van der Waals surface area contributed by atoms with Gasteiger partial charge in [-0.25, -0.2) is 0 Å². The molecule has 3 rings (SSSR count). The van der Waals surface area contributed by atoms with Gasteiger partial charge in [0.05, 0.1) is 17.2 Å². The highest BCUT2D eigenvalue weighted by Gasteiger charge is 2.51. The van der Waals surface area contributed by atoms with Crippen molar-refractivity contribution in [3.05, 3.63) is 74.9 Å². The number of aryl methyl sites for hydroxylation is 1. The lowest BCUT2D eigenvalue weighted by molar-refractivity contribution is -0.108. The Labute approximate surface area is 266 Å². The van der Waals surface area contributed by atoms with E-state index in [1.807, 2.05) is 26.8 Å². The molecule has 3 unspecified atom stereocenters. The zero-order valence-electron chi connectivity index (χ0n) is 27.7. The van der Waals surface area contributed by atoms with Gasteiger partial charge in [-0.3, -0.25) is 9.59 Å². The number of allylic oxidation sites excluding steroid dienone is 5. The van der Waals surface area contributed by atoms with Crippen molar-refractivity contribution in [2.75, 3.05) is 0 Å². The molecule has 5 N–H and O–H groups in total. The number of benzene rings is 2. The van der Waals surface area contributed by atoms with Gasteiger partial charge in [0, 0.05) is 22.8 Å². The lowest BCUT2D eigenvalue weighted by Gasteiger charge is -2.32. The Morgan fingerprint density at radius 2 is 1.40 bits per heavy atom. The molecule has 0 heterocycles. The molecule has 2 aromatic rings. The quantitative estimate of drug-likeness (QED) is 0.0877. The number of hydrogen-bond donors (Lipinski definition) is 5. The summed E-state index contributed by atoms with van der Waals surface area (Å²) in [6, 6.07) is 1.31. The SMILES string of the molecule is CC(C)=CC(C/C(C)=C/CC/C(C)=C/CC/C(C)=C/CC1(O)C(=O)c2c(O)cc(C)c3c(O)c(C)c(O)c(c23)C1=O)OC(C)O. The lowest BCUT2D eigenvalue weighted by atomic mass is 9.73. The molecule has 8 nitrogen and oxygen atoms in total. The molecule has 0 bridgehead atoms. The summed E-state index contributed by atoms with van der Waals surface area (Å²) in [5, 5.41) is 53.4. The predicted molar refractivity (Wildman–Crippen MR) is 177 cm³/mol. The minimum Gasteiger partial charge on any atom is -0.507 e. The van der Waals surface area contributed by atoms with Gasteiger partial charge >= 0.3 is 0 Å². The standard InChI is InChI=1S/C37H48O8/c1-20(2)17-27(45-26(8)38)18-23(5)14-10-12-21(3)11-9-13-22(4)15-16-37(44)35(42)30-28(39)19-24(6)29-31(30)32(36(37)43)34(41)25(7)33(29)40/h11,14-15,17,19,26-27,38-41,44H,9-10,12-13,16,18H2,1-8H3/b21-11+,22-15+,23-14+. The normalized spacial score (nSPS) is 18.8. The molecular weight excluding hydrogens is 572 g/mol. The van der Waals surface area contributed by atoms with Crippen molar-refractivity contribution in [3.8, 4) is 17.2 Å². The zero-order valence-corrected chi connectivity index (χ0v) is 27.7. The summed E-state index contributed by atoms with van der Waals surface area (Å²) in [5.41, 5.74) is 1.86. The first-order valence-corrected chi connectivity index (χ1v) is 15.5. The Balaban J connectivity index is 1.67. The van der Waals surface area contributed by atoms with E-state index in [1.165, 1.54) is 24.1 Å². The molecule has 0 aromatic heterocycles. The van der Waals surface area contributed by atoms with Gasteiger partial charge in [0.2, 0.25) is 11.6 Å². The molecule has 244 valence electrons. The number of rotatable bonds is 13. The Morgan fingerprint density at radius 1 is 0.844 bits per heavy atom. The van der Waals surface area contributed by atoms with Crippen LogP contribution in [0.4, 0.5) is 0 Å². The van der Waals surface area contributed by atoms with Crippen molar-refractivity contribution >= 4 is 22.3 Å². The summed E-state index contributed by atoms with van der Waals surface area (Å²) in [4.78, 5) is 27.1. The van der Waals surface area contributed by atoms with Gasteiger partial charge in [-0.2, -0.15) is 0 Å². The van der Waals surface area contributed by atoms with Crippen LogP contribution in [0.1, 0.15) is 112 Å². The van der Waals surface area contributed by atoms with Gasteiger partial charge in [-0.15, -0.1) is 0 Å². The fraction of sp³-hybridized carbons (Fsp3) is 0.459. The molecule has 0 saturated heterocycles. The maximum atomic E-state index is 13.6. The Morgan fingerprint density at radius 3 is 1.98 bits per heavy atom. The minimum atomic E-state index is -2.50. The zero-order chi connectivity index (χ0) is 33.8. The number of phenolic OH excluding ortho intramolecular Hbond substituents is 3. The number of carbonyl (C=O) groups excluding carboxylic acids is 2. The van der Waals surface area contributed by atoms with E-state index in [-0.39, 0.29) is 45.7 Å². The molecule has 8 heteroatoms. The predicted octanol–water partition coefficient (Wildman–Crippen LogP) is 7.55. The van der Waals surface area contributed by atoms with E-state index in [9.17, 15) is 35.1 Å². The molecule has 1 aliphatic rings. The molecule has 45 heavy (non-hydrogen) atoms. The van der Waals surface area contributed by atoms with Crippen LogP contribution in [0.5, 0.6) is 17.2 Å². The maximum Gasteiger partial charge on any atom is 0.207 e. The smallest absolute Gasteiger partial charge is 0.207 e. The Hall–Kier alpha value is -3.72. The minimum absolute atomic E-state index is 0.0417. The monoisotopic (exact) mass is 620 g/mol. The largest absolute Gasteiger partial charge is 0.507 e. The van der Waals surface area contributed by atoms with Gasteiger partial charge in [0.1, 0.15) is 17.2 Å². The van der Waals surface area contributed by atoms with E-state index in [0.29, 0.717) is 18.4 Å². The molecule has 1 aliphatic carbocycles. The van der Waals surface area contributed by atoms with Crippen LogP contribution in [0.15, 0.2) is 52.7 Å². The van der Waals surface area contributed by atoms with Crippen molar-refractivity contribution in [3.63, 3.8) is 0 Å². The van der Waals surface area contributed by atoms with Crippen molar-refractivity contribution < 1.29 is 39.9 Å². The number of Topliss-reactive ketones (excluding diaryl/α,β-unsaturated/α-hetero) is 2. The highest BCUT2D eigenvalue weighted by Crippen LogP contribution is 2.49. The summed E-state index contributed by atoms with van der Waals surface area (Å²) < 4.78 is 5.60. The van der Waals surface area contributed by atoms with E-state index in [2.05, 4.69) is 26.0 Å². The number of aliphatic hydroxyl groups excluding tert-OH is 1. The van der Waals surface area contributed by atoms with Crippen molar-refractivity contribution in [2.45, 2.75) is 112 Å². The second-order valence-electron chi connectivity index (χ2n) is 12.7. The number of ether oxygens (including phenoxy) is 1. The molecule has 0 aliphatic heterocycles. The van der Waals surface area contributed by atoms with Gasteiger partial charge < -0.3 is 30.3 Å². The average Bonchev–Trinajstić information content (AvgIpc) is 2.92. The van der Waals surface area contributed by atoms with Gasteiger partial charge in [0.25, 0.3) is 0 Å². The topological polar surface area (TPSA) is 145 Å². The van der Waals surface area contributed by atoms with Crippen LogP contribution >= 0.6 is 0 Å². The number of aromatic hydroxyl groups is 3. The van der Waals surface area contributed by atoms with Crippen LogP contribution < -0.4 is 0 Å². The van der Waals surface area contributed by atoms with Gasteiger partial charge in [-0.05, 0) is 99.1 Å². The van der Waals surface area contributed by atoms with Gasteiger partial charge in [-0.1, -0.05) is 46.6 Å². The molecule has 2 aromatic carbocycles. The van der Waals surface area contributed by atoms with E-state index in [4.69, 9.17) is 4.74 Å². The van der Waals surface area contributed by atoms with E-state index < -0.39 is 35.0 Å². The third-order valence-electron chi connectivity index (χ3n) is 8.37. The highest BCUT2D eigenvalue weighted by molar-refractivity contribution is 6.36. The van der Waals surface area contributed by atoms with Crippen molar-refractivity contribution in [1.82, 2.24) is 0 Å². The molecule has 0 fully saturated rings. The van der Waals surface area contributed by atoms with E-state index in [0.717, 1.165) is 30.4 Å². The molecule has 0 radical (unpaired) electrons. The molecule has 0 amide bonds. The first-order chi connectivity index (χ1) is 21.0. The number of aliphatic hydroxyl groups is 2. The number of ketones is 2. The Kier molecular flexibility index (Phi) is 11.6. The molecular formula is C37H48O8. The first kappa shape index (κ1) is 35.8. The van der Waals surface area contributed by atoms with Crippen LogP contribution in [-0.2, 0) is 4.74 Å². The van der Waals surface area contributed by atoms with Gasteiger partial charge in [0.15, 0.2) is 11.9 Å². The second-order valence-corrected chi connectivity index (χ2v) is 12.7. The van der Waals surface area contributed by atoms with Crippen LogP contribution in [0.25, 0.3) is 10.8 Å². The van der Waals surface area contributed by atoms with E-state index >= 15 is 0 Å². The van der Waals surface area contributed by atoms with Crippen LogP contribution in [0.2, 0.25) is 0 Å². The summed E-state index contributed by atoms with van der Waals surface area (Å²) in [6.45, 7) is 14.7. The number of hydrogen-bond acceptors (Lipinski definition) is 8. The molecule has 0 saturated carbocycles. The summed E-state index contributed by atoms with van der Waals surface area (Å²) in [7, 11) is 0. The fourth-order valence-corrected chi connectivity index (χ4v) is 5.90. The van der Waals surface area contributed by atoms with Crippen molar-refractivity contribution in [1.29, 1.82) is 0 Å². The summed E-state index contributed by atoms with van der Waals surface area (Å²) in [6.07, 6.45) is 10.6. The lowest BCUT2D eigenvalue weighted by Crippen LogP contribution is -2.49. The fourth-order valence-electron chi connectivity index (χ4n) is 5.90. The van der Waals surface area contributed by atoms with Crippen LogP contribution in [0.3, 0.4) is 0 Å². The summed E-state index contributed by atoms with van der Waals surface area (Å²) >= 11 is 0. The average molecular weight is 621 g/mol. The second kappa shape index (κ2) is 14.6. The third kappa shape index (κ3) is 7.93. The molecule has 0 spiro atoms. The highest BCUT2D eigenvalue weighted by atomic mass is 16.6. The first-order valence-electron chi connectivity index (χ1n) is 15.5. The summed E-state index contributed by atoms with van der Waals surface area (Å²) in [5.74, 6) is -3.14. The third-order valence-corrected chi connectivity index (χ3v) is 8.37. The van der Waals surface area contributed by atoms with Crippen LogP contribution in [-0.4, -0.2) is 55.1 Å². The van der Waals surface area contributed by atoms with E-state index in [1.54, 1.807) is 19.9 Å². The molecule has 3 atom stereocenters.